The van der Waals surface area contributed by atoms with E-state index in [1.807, 2.05) is 6.92 Å². The topological polar surface area (TPSA) is 123 Å². The summed E-state index contributed by atoms with van der Waals surface area (Å²) in [6.45, 7) is 2.45. The normalized spacial score (nSPS) is 11.1. The minimum atomic E-state index is -0.990. The highest BCUT2D eigenvalue weighted by Gasteiger charge is 2.13. The van der Waals surface area contributed by atoms with Crippen molar-refractivity contribution in [2.24, 2.45) is 5.10 Å². The average molecular weight is 585 g/mol. The number of halogens is 1. The molecule has 0 aliphatic rings. The smallest absolute Gasteiger partial charge is 0.349 e. The number of carboxylic acid groups (broad SMARTS) is 1. The summed E-state index contributed by atoms with van der Waals surface area (Å²) in [6, 6.07) is 16.6. The molecule has 9 nitrogen and oxygen atoms in total. The van der Waals surface area contributed by atoms with Crippen LogP contribution in [0.25, 0.3) is 10.9 Å². The number of ether oxygens (including phenoxy) is 2. The van der Waals surface area contributed by atoms with Gasteiger partial charge in [-0.1, -0.05) is 24.3 Å². The highest BCUT2D eigenvalue weighted by atomic mass is 127. The minimum absolute atomic E-state index is 0.200. The molecular weight excluding hydrogens is 565 g/mol. The molecule has 0 saturated carbocycles. The molecule has 1 aromatic heterocycles. The van der Waals surface area contributed by atoms with Crippen molar-refractivity contribution in [1.82, 2.24) is 9.66 Å². The van der Waals surface area contributed by atoms with Crippen molar-refractivity contribution in [3.63, 3.8) is 0 Å². The molecular formula is C25H20IN3O6. The summed E-state index contributed by atoms with van der Waals surface area (Å²) in [5.41, 5.74) is 0.893. The van der Waals surface area contributed by atoms with Gasteiger partial charge < -0.3 is 19.6 Å². The fourth-order valence-corrected chi connectivity index (χ4v) is 4.13. The van der Waals surface area contributed by atoms with Crippen LogP contribution in [0.1, 0.15) is 28.4 Å². The van der Waals surface area contributed by atoms with E-state index in [4.69, 9.17) is 14.6 Å². The standard InChI is InChI=1S/C25H20IN3O6/c1-2-34-21-12-16(13-27-29-23(30)18-5-3-4-6-20(18)28-25(29)33)11-19(26)22(21)35-14-15-7-9-17(10-8-15)24(31)32/h3-13H,2,14H2,1H3,(H,28,33)(H,31,32). The molecule has 2 N–H and O–H groups in total. The molecule has 10 heteroatoms. The largest absolute Gasteiger partial charge is 0.490 e. The predicted octanol–water partition coefficient (Wildman–Crippen LogP) is 3.85. The fraction of sp³-hybridized carbons (Fsp3) is 0.120. The number of para-hydroxylation sites is 1. The lowest BCUT2D eigenvalue weighted by Gasteiger charge is -2.15. The van der Waals surface area contributed by atoms with Gasteiger partial charge in [0.15, 0.2) is 11.5 Å². The van der Waals surface area contributed by atoms with E-state index in [2.05, 4.69) is 32.7 Å². The average Bonchev–Trinajstić information content (AvgIpc) is 2.84. The van der Waals surface area contributed by atoms with Crippen LogP contribution in [-0.4, -0.2) is 33.6 Å². The van der Waals surface area contributed by atoms with Crippen molar-refractivity contribution in [2.75, 3.05) is 6.61 Å². The summed E-state index contributed by atoms with van der Waals surface area (Å²) in [7, 11) is 0. The van der Waals surface area contributed by atoms with Crippen LogP contribution in [0.15, 0.2) is 75.4 Å². The zero-order valence-corrected chi connectivity index (χ0v) is 20.7. The number of carboxylic acids is 1. The predicted molar refractivity (Wildman–Crippen MR) is 140 cm³/mol. The monoisotopic (exact) mass is 585 g/mol. The van der Waals surface area contributed by atoms with Gasteiger partial charge in [0, 0.05) is 0 Å². The summed E-state index contributed by atoms with van der Waals surface area (Å²) in [5.74, 6) is 0.00579. The molecule has 4 rings (SSSR count). The molecule has 178 valence electrons. The number of nitrogens with one attached hydrogen (secondary N) is 1. The Kier molecular flexibility index (Phi) is 7.30. The number of aromatic carboxylic acids is 1. The van der Waals surface area contributed by atoms with E-state index in [-0.39, 0.29) is 12.2 Å². The second kappa shape index (κ2) is 10.6. The van der Waals surface area contributed by atoms with Gasteiger partial charge in [-0.3, -0.25) is 4.79 Å². The Labute approximate surface area is 212 Å². The number of nitrogens with zero attached hydrogens (tertiary/aromatic N) is 2. The Morgan fingerprint density at radius 2 is 1.86 bits per heavy atom. The Morgan fingerprint density at radius 1 is 1.11 bits per heavy atom. The third kappa shape index (κ3) is 5.43. The van der Waals surface area contributed by atoms with E-state index >= 15 is 0 Å². The van der Waals surface area contributed by atoms with Gasteiger partial charge in [-0.05, 0) is 77.0 Å². The number of H-pyrrole nitrogens is 1. The summed E-state index contributed by atoms with van der Waals surface area (Å²) in [6.07, 6.45) is 1.41. The number of carbonyl (C=O) groups is 1. The van der Waals surface area contributed by atoms with Crippen LogP contribution >= 0.6 is 22.6 Å². The maximum Gasteiger partial charge on any atom is 0.349 e. The van der Waals surface area contributed by atoms with Crippen LogP contribution in [0.4, 0.5) is 0 Å². The summed E-state index contributed by atoms with van der Waals surface area (Å²) in [4.78, 5) is 38.7. The number of benzene rings is 3. The van der Waals surface area contributed by atoms with Crippen LogP contribution in [-0.2, 0) is 6.61 Å². The number of fused-ring (bicyclic) bond motifs is 1. The van der Waals surface area contributed by atoms with Gasteiger partial charge in [0.1, 0.15) is 6.61 Å². The molecule has 4 aromatic rings. The second-order valence-corrected chi connectivity index (χ2v) is 8.55. The summed E-state index contributed by atoms with van der Waals surface area (Å²) in [5, 5.41) is 13.5. The number of aromatic nitrogens is 2. The molecule has 0 atom stereocenters. The first-order valence-electron chi connectivity index (χ1n) is 10.6. The number of hydrogen-bond donors (Lipinski definition) is 2. The maximum absolute atomic E-state index is 12.7. The van der Waals surface area contributed by atoms with Crippen LogP contribution in [0.2, 0.25) is 0 Å². The van der Waals surface area contributed by atoms with Gasteiger partial charge in [-0.15, -0.1) is 4.68 Å². The first-order chi connectivity index (χ1) is 16.9. The molecule has 0 saturated heterocycles. The summed E-state index contributed by atoms with van der Waals surface area (Å²) >= 11 is 2.11. The van der Waals surface area contributed by atoms with Crippen molar-refractivity contribution in [3.8, 4) is 11.5 Å². The molecule has 0 fully saturated rings. The van der Waals surface area contributed by atoms with E-state index in [1.54, 1.807) is 48.5 Å². The Hall–Kier alpha value is -3.93. The van der Waals surface area contributed by atoms with Crippen molar-refractivity contribution in [3.05, 3.63) is 102 Å². The maximum atomic E-state index is 12.7. The van der Waals surface area contributed by atoms with Crippen molar-refractivity contribution in [2.45, 2.75) is 13.5 Å². The zero-order valence-electron chi connectivity index (χ0n) is 18.5. The second-order valence-electron chi connectivity index (χ2n) is 7.39. The van der Waals surface area contributed by atoms with Gasteiger partial charge in [0.2, 0.25) is 0 Å². The zero-order chi connectivity index (χ0) is 24.9. The van der Waals surface area contributed by atoms with Crippen molar-refractivity contribution >= 4 is 45.7 Å². The molecule has 35 heavy (non-hydrogen) atoms. The fourth-order valence-electron chi connectivity index (χ4n) is 3.35. The molecule has 0 aliphatic carbocycles. The first kappa shape index (κ1) is 24.2. The molecule has 0 amide bonds. The first-order valence-corrected chi connectivity index (χ1v) is 11.6. The van der Waals surface area contributed by atoms with Gasteiger partial charge in [-0.2, -0.15) is 5.10 Å². The van der Waals surface area contributed by atoms with Crippen LogP contribution < -0.4 is 20.7 Å². The van der Waals surface area contributed by atoms with Gasteiger partial charge >= 0.3 is 11.7 Å². The van der Waals surface area contributed by atoms with Crippen LogP contribution in [0.5, 0.6) is 11.5 Å². The van der Waals surface area contributed by atoms with E-state index in [0.717, 1.165) is 13.8 Å². The van der Waals surface area contributed by atoms with Crippen LogP contribution in [0, 0.1) is 3.57 Å². The summed E-state index contributed by atoms with van der Waals surface area (Å²) < 4.78 is 13.2. The SMILES string of the molecule is CCOc1cc(C=Nn2c(=O)[nH]c3ccccc3c2=O)cc(I)c1OCc1ccc(C(=O)O)cc1. The number of rotatable bonds is 8. The van der Waals surface area contributed by atoms with E-state index in [1.165, 1.54) is 18.3 Å². The highest BCUT2D eigenvalue weighted by molar-refractivity contribution is 14.1. The van der Waals surface area contributed by atoms with Crippen molar-refractivity contribution in [1.29, 1.82) is 0 Å². The third-order valence-electron chi connectivity index (χ3n) is 5.02. The van der Waals surface area contributed by atoms with E-state index < -0.39 is 17.2 Å². The third-order valence-corrected chi connectivity index (χ3v) is 5.82. The van der Waals surface area contributed by atoms with E-state index in [0.29, 0.717) is 34.6 Å². The lowest BCUT2D eigenvalue weighted by Crippen LogP contribution is -2.32. The molecule has 1 heterocycles. The Balaban J connectivity index is 1.61. The molecule has 0 radical (unpaired) electrons. The lowest BCUT2D eigenvalue weighted by atomic mass is 10.1. The van der Waals surface area contributed by atoms with Gasteiger partial charge in [0.05, 0.1) is 32.9 Å². The molecule has 3 aromatic carbocycles. The van der Waals surface area contributed by atoms with E-state index in [9.17, 15) is 14.4 Å². The van der Waals surface area contributed by atoms with Crippen LogP contribution in [0.3, 0.4) is 0 Å². The van der Waals surface area contributed by atoms with Gasteiger partial charge in [0.25, 0.3) is 5.56 Å². The Morgan fingerprint density at radius 3 is 2.57 bits per heavy atom. The molecule has 0 aliphatic heterocycles. The quantitative estimate of drug-likeness (QED) is 0.239. The molecule has 0 spiro atoms. The van der Waals surface area contributed by atoms with Gasteiger partial charge in [-0.25, -0.2) is 9.59 Å². The molecule has 0 unspecified atom stereocenters. The van der Waals surface area contributed by atoms with Crippen molar-refractivity contribution < 1.29 is 19.4 Å². The Bertz CT molecular complexity index is 1540. The highest BCUT2D eigenvalue weighted by Crippen LogP contribution is 2.34. The number of aromatic amines is 1. The number of hydrogen-bond acceptors (Lipinski definition) is 6. The molecule has 0 bridgehead atoms. The lowest BCUT2D eigenvalue weighted by molar-refractivity contribution is 0.0697. The minimum Gasteiger partial charge on any atom is -0.490 e.